The molecule has 10 nitrogen and oxygen atoms in total. The van der Waals surface area contributed by atoms with Crippen molar-refractivity contribution in [2.24, 2.45) is 16.3 Å². The first-order valence-corrected chi connectivity index (χ1v) is 13.8. The number of hydrazone groups is 1. The molecule has 2 aromatic rings. The second-order valence-corrected chi connectivity index (χ2v) is 11.5. The van der Waals surface area contributed by atoms with Crippen LogP contribution >= 0.6 is 0 Å². The summed E-state index contributed by atoms with van der Waals surface area (Å²) in [6.45, 7) is 0.732. The summed E-state index contributed by atoms with van der Waals surface area (Å²) < 4.78 is 53.9. The van der Waals surface area contributed by atoms with Crippen molar-refractivity contribution >= 4 is 23.4 Å². The van der Waals surface area contributed by atoms with Crippen LogP contribution in [0.4, 0.5) is 17.6 Å². The molecule has 1 saturated heterocycles. The number of nitrogens with zero attached hydrogens (tertiary/aromatic N) is 4. The van der Waals surface area contributed by atoms with Gasteiger partial charge in [-0.15, -0.1) is 0 Å². The number of aromatic nitrogens is 1. The molecule has 14 heteroatoms. The van der Waals surface area contributed by atoms with Gasteiger partial charge in [-0.05, 0) is 62.1 Å². The number of piperidine rings is 1. The highest BCUT2D eigenvalue weighted by molar-refractivity contribution is 6.13. The Labute approximate surface area is 245 Å². The van der Waals surface area contributed by atoms with Crippen molar-refractivity contribution < 1.29 is 37.1 Å². The number of aliphatic hydroxyl groups excluding tert-OH is 1. The SMILES string of the molecule is CC(C)(N)C(=O)N[C@H](CCc1cc(F)ccc1CO)C(=O)N1CCC2=NN(CC(F)(F)F)C(=O)[C@]2(Cc2ccccn2)C1. The minimum Gasteiger partial charge on any atom is -0.392 e. The van der Waals surface area contributed by atoms with Crippen molar-refractivity contribution in [3.05, 3.63) is 65.2 Å². The summed E-state index contributed by atoms with van der Waals surface area (Å²) >= 11 is 0. The zero-order valence-corrected chi connectivity index (χ0v) is 23.8. The molecule has 4 N–H and O–H groups in total. The number of amides is 3. The molecule has 0 saturated carbocycles. The Morgan fingerprint density at radius 3 is 2.56 bits per heavy atom. The molecule has 232 valence electrons. The van der Waals surface area contributed by atoms with Gasteiger partial charge >= 0.3 is 6.18 Å². The van der Waals surface area contributed by atoms with Crippen molar-refractivity contribution in [3.63, 3.8) is 0 Å². The summed E-state index contributed by atoms with van der Waals surface area (Å²) in [4.78, 5) is 46.0. The number of carbonyl (C=O) groups excluding carboxylic acids is 3. The van der Waals surface area contributed by atoms with Gasteiger partial charge in [0.05, 0.1) is 17.9 Å². The quantitative estimate of drug-likeness (QED) is 0.354. The van der Waals surface area contributed by atoms with Crippen LogP contribution in [-0.2, 0) is 33.8 Å². The van der Waals surface area contributed by atoms with E-state index >= 15 is 0 Å². The zero-order chi connectivity index (χ0) is 31.6. The highest BCUT2D eigenvalue weighted by atomic mass is 19.4. The number of aliphatic hydroxyl groups is 1. The van der Waals surface area contributed by atoms with Crippen LogP contribution in [0.15, 0.2) is 47.7 Å². The number of rotatable bonds is 10. The molecule has 3 heterocycles. The predicted molar refractivity (Wildman–Crippen MR) is 148 cm³/mol. The normalized spacial score (nSPS) is 19.6. The first kappa shape index (κ1) is 32.0. The minimum absolute atomic E-state index is 0.00403. The van der Waals surface area contributed by atoms with Crippen molar-refractivity contribution in [3.8, 4) is 0 Å². The van der Waals surface area contributed by atoms with Gasteiger partial charge in [0.15, 0.2) is 0 Å². The molecule has 1 fully saturated rings. The van der Waals surface area contributed by atoms with Gasteiger partial charge in [-0.25, -0.2) is 9.40 Å². The van der Waals surface area contributed by atoms with Crippen LogP contribution in [-0.4, -0.2) is 80.8 Å². The maximum Gasteiger partial charge on any atom is 0.408 e. The number of likely N-dealkylation sites (tertiary alicyclic amines) is 1. The molecule has 0 radical (unpaired) electrons. The molecule has 4 rings (SSSR count). The number of alkyl halides is 3. The highest BCUT2D eigenvalue weighted by Crippen LogP contribution is 2.39. The van der Waals surface area contributed by atoms with Gasteiger partial charge in [0.1, 0.15) is 23.8 Å². The van der Waals surface area contributed by atoms with E-state index in [0.29, 0.717) is 21.8 Å². The number of hydrogen-bond donors (Lipinski definition) is 3. The molecule has 43 heavy (non-hydrogen) atoms. The van der Waals surface area contributed by atoms with E-state index in [4.69, 9.17) is 5.73 Å². The van der Waals surface area contributed by atoms with Crippen LogP contribution in [0, 0.1) is 11.2 Å². The molecule has 0 unspecified atom stereocenters. The average Bonchev–Trinajstić information content (AvgIpc) is 3.19. The van der Waals surface area contributed by atoms with Gasteiger partial charge in [0.2, 0.25) is 11.8 Å². The summed E-state index contributed by atoms with van der Waals surface area (Å²) in [5.74, 6) is -2.65. The maximum absolute atomic E-state index is 14.0. The summed E-state index contributed by atoms with van der Waals surface area (Å²) in [7, 11) is 0. The predicted octanol–water partition coefficient (Wildman–Crippen LogP) is 2.09. The second-order valence-electron chi connectivity index (χ2n) is 11.5. The van der Waals surface area contributed by atoms with Crippen LogP contribution in [0.25, 0.3) is 0 Å². The molecule has 0 spiro atoms. The van der Waals surface area contributed by atoms with E-state index in [-0.39, 0.29) is 51.1 Å². The Hall–Kier alpha value is -3.91. The van der Waals surface area contributed by atoms with Gasteiger partial charge in [-0.3, -0.25) is 19.4 Å². The van der Waals surface area contributed by atoms with Gasteiger partial charge in [-0.1, -0.05) is 12.1 Å². The number of nitrogens with two attached hydrogens (primary N) is 1. The van der Waals surface area contributed by atoms with Gasteiger partial charge in [0.25, 0.3) is 5.91 Å². The summed E-state index contributed by atoms with van der Waals surface area (Å²) in [5.41, 5.74) is 4.58. The Bertz CT molecular complexity index is 1400. The first-order valence-electron chi connectivity index (χ1n) is 13.8. The molecular formula is C29H34F4N6O4. The molecule has 0 bridgehead atoms. The van der Waals surface area contributed by atoms with Gasteiger partial charge in [-0.2, -0.15) is 18.3 Å². The van der Waals surface area contributed by atoms with E-state index in [1.54, 1.807) is 18.2 Å². The van der Waals surface area contributed by atoms with Crippen LogP contribution in [0.1, 0.15) is 43.5 Å². The number of pyridine rings is 1. The van der Waals surface area contributed by atoms with E-state index in [1.807, 2.05) is 0 Å². The average molecular weight is 607 g/mol. The third kappa shape index (κ3) is 7.36. The van der Waals surface area contributed by atoms with Crippen LogP contribution in [0.3, 0.4) is 0 Å². The van der Waals surface area contributed by atoms with Gasteiger partial charge in [0, 0.05) is 37.8 Å². The zero-order valence-electron chi connectivity index (χ0n) is 23.8. The third-order valence-electron chi connectivity index (χ3n) is 7.60. The van der Waals surface area contributed by atoms with E-state index in [1.165, 1.54) is 43.1 Å². The largest absolute Gasteiger partial charge is 0.408 e. The monoisotopic (exact) mass is 606 g/mol. The number of nitrogens with one attached hydrogen (secondary N) is 1. The molecule has 2 aliphatic rings. The van der Waals surface area contributed by atoms with Crippen molar-refractivity contribution in [1.29, 1.82) is 0 Å². The number of benzene rings is 1. The van der Waals surface area contributed by atoms with E-state index in [9.17, 15) is 37.1 Å². The maximum atomic E-state index is 14.0. The van der Waals surface area contributed by atoms with E-state index in [0.717, 1.165) is 0 Å². The molecule has 2 atom stereocenters. The molecule has 0 aliphatic carbocycles. The number of carbonyl (C=O) groups is 3. The van der Waals surface area contributed by atoms with Crippen molar-refractivity contribution in [2.45, 2.75) is 63.9 Å². The smallest absolute Gasteiger partial charge is 0.392 e. The summed E-state index contributed by atoms with van der Waals surface area (Å²) in [6.07, 6.45) is -3.15. The fourth-order valence-electron chi connectivity index (χ4n) is 5.37. The molecule has 1 aromatic heterocycles. The molecule has 2 aliphatic heterocycles. The van der Waals surface area contributed by atoms with Gasteiger partial charge < -0.3 is 21.1 Å². The second kappa shape index (κ2) is 12.4. The van der Waals surface area contributed by atoms with Crippen LogP contribution in [0.5, 0.6) is 0 Å². The Morgan fingerprint density at radius 2 is 1.93 bits per heavy atom. The fraction of sp³-hybridized carbons (Fsp3) is 0.483. The minimum atomic E-state index is -4.69. The number of hydrogen-bond acceptors (Lipinski definition) is 7. The van der Waals surface area contributed by atoms with Crippen molar-refractivity contribution in [1.82, 2.24) is 20.2 Å². The number of fused-ring (bicyclic) bond motifs is 1. The van der Waals surface area contributed by atoms with E-state index in [2.05, 4.69) is 15.4 Å². The molecule has 3 amide bonds. The van der Waals surface area contributed by atoms with Crippen molar-refractivity contribution in [2.75, 3.05) is 19.6 Å². The first-order chi connectivity index (χ1) is 20.1. The summed E-state index contributed by atoms with van der Waals surface area (Å²) in [5, 5.41) is 16.8. The third-order valence-corrected chi connectivity index (χ3v) is 7.60. The fourth-order valence-corrected chi connectivity index (χ4v) is 5.37. The lowest BCUT2D eigenvalue weighted by atomic mass is 9.74. The molecule has 1 aromatic carbocycles. The standard InChI is InChI=1S/C29H34F4N6O4/c1-27(2,34)25(42)36-22(9-7-18-13-20(30)8-6-19(18)15-40)24(41)38-12-10-23-28(16-38,14-21-5-3-4-11-35-21)26(43)39(37-23)17-29(31,32)33/h3-6,8,11,13,22,40H,7,9-10,12,14-17,34H2,1-2H3,(H,36,42)/t22-,28-/m1/s1. The number of aryl methyl sites for hydroxylation is 1. The van der Waals surface area contributed by atoms with Crippen LogP contribution in [0.2, 0.25) is 0 Å². The lowest BCUT2D eigenvalue weighted by Gasteiger charge is -2.40. The summed E-state index contributed by atoms with van der Waals surface area (Å²) in [6, 6.07) is 7.67. The Morgan fingerprint density at radius 1 is 1.19 bits per heavy atom. The Balaban J connectivity index is 1.64. The van der Waals surface area contributed by atoms with Crippen LogP contribution < -0.4 is 11.1 Å². The number of halogens is 4. The Kier molecular flexibility index (Phi) is 9.21. The lowest BCUT2D eigenvalue weighted by Crippen LogP contribution is -2.61. The highest BCUT2D eigenvalue weighted by Gasteiger charge is 2.56. The molecular weight excluding hydrogens is 572 g/mol. The lowest BCUT2D eigenvalue weighted by molar-refractivity contribution is -0.164. The topological polar surface area (TPSA) is 141 Å². The van der Waals surface area contributed by atoms with E-state index < -0.39 is 53.3 Å².